The lowest BCUT2D eigenvalue weighted by atomic mass is 10.2. The summed E-state index contributed by atoms with van der Waals surface area (Å²) in [7, 11) is 0. The molecule has 0 aliphatic rings. The number of hydrogen-bond donors (Lipinski definition) is 2. The van der Waals surface area contributed by atoms with Crippen molar-refractivity contribution in [1.29, 1.82) is 0 Å². The number of H-pyrrole nitrogens is 1. The summed E-state index contributed by atoms with van der Waals surface area (Å²) in [6.45, 7) is 2.01. The van der Waals surface area contributed by atoms with Crippen molar-refractivity contribution in [3.63, 3.8) is 0 Å². The van der Waals surface area contributed by atoms with Crippen LogP contribution in [0.4, 0.5) is 0 Å². The van der Waals surface area contributed by atoms with Crippen LogP contribution in [0.25, 0.3) is 10.9 Å². The van der Waals surface area contributed by atoms with Crippen molar-refractivity contribution < 1.29 is 5.11 Å². The number of nitrogens with zero attached hydrogens (tertiary/aromatic N) is 1. The van der Waals surface area contributed by atoms with Gasteiger partial charge in [-0.25, -0.2) is 4.98 Å². The summed E-state index contributed by atoms with van der Waals surface area (Å²) >= 11 is 0. The van der Waals surface area contributed by atoms with E-state index in [2.05, 4.69) is 9.97 Å². The molecule has 1 aromatic carbocycles. The summed E-state index contributed by atoms with van der Waals surface area (Å²) in [5.74, 6) is 0.674. The molecule has 4 heteroatoms. The van der Waals surface area contributed by atoms with Crippen molar-refractivity contribution in [1.82, 2.24) is 9.97 Å². The van der Waals surface area contributed by atoms with Crippen molar-refractivity contribution in [2.24, 2.45) is 0 Å². The molecule has 78 valence electrons. The summed E-state index contributed by atoms with van der Waals surface area (Å²) in [5.41, 5.74) is 0.184. The number of para-hydroxylation sites is 1. The molecule has 1 heterocycles. The summed E-state index contributed by atoms with van der Waals surface area (Å²) in [6.07, 6.45) is 1.61. The molecular formula is C11H12N2O2. The monoisotopic (exact) mass is 204 g/mol. The molecule has 2 aromatic rings. The molecule has 2 N–H and O–H groups in total. The molecule has 0 saturated heterocycles. The third kappa shape index (κ3) is 1.70. The fourth-order valence-electron chi connectivity index (χ4n) is 1.55. The van der Waals surface area contributed by atoms with Gasteiger partial charge in [0.05, 0.1) is 5.39 Å². The Labute approximate surface area is 86.6 Å². The lowest BCUT2D eigenvalue weighted by Crippen LogP contribution is -2.11. The predicted octanol–water partition coefficient (Wildman–Crippen LogP) is 1.58. The first-order valence-electron chi connectivity index (χ1n) is 4.93. The minimum absolute atomic E-state index is 0.0518. The zero-order valence-electron chi connectivity index (χ0n) is 8.45. The molecule has 1 aromatic heterocycles. The van der Waals surface area contributed by atoms with Crippen LogP contribution in [0.1, 0.15) is 19.2 Å². The SMILES string of the molecule is CCCc1nc2c(O)cccc2c(=O)[nH]1. The molecule has 0 radical (unpaired) electrons. The Bertz CT molecular complexity index is 546. The Balaban J connectivity index is 2.74. The third-order valence-electron chi connectivity index (χ3n) is 2.25. The molecular weight excluding hydrogens is 192 g/mol. The number of phenols is 1. The Morgan fingerprint density at radius 1 is 1.47 bits per heavy atom. The van der Waals surface area contributed by atoms with E-state index in [1.165, 1.54) is 6.07 Å². The first-order valence-corrected chi connectivity index (χ1v) is 4.93. The zero-order chi connectivity index (χ0) is 10.8. The smallest absolute Gasteiger partial charge is 0.258 e. The number of benzene rings is 1. The number of fused-ring (bicyclic) bond motifs is 1. The normalized spacial score (nSPS) is 10.7. The fraction of sp³-hybridized carbons (Fsp3) is 0.273. The molecule has 2 rings (SSSR count). The molecule has 0 amide bonds. The van der Waals surface area contributed by atoms with Gasteiger partial charge in [0.2, 0.25) is 0 Å². The average molecular weight is 204 g/mol. The third-order valence-corrected chi connectivity index (χ3v) is 2.25. The molecule has 0 bridgehead atoms. The second kappa shape index (κ2) is 3.73. The number of hydrogen-bond acceptors (Lipinski definition) is 3. The highest BCUT2D eigenvalue weighted by atomic mass is 16.3. The van der Waals surface area contributed by atoms with Crippen molar-refractivity contribution >= 4 is 10.9 Å². The second-order valence-corrected chi connectivity index (χ2v) is 3.44. The minimum Gasteiger partial charge on any atom is -0.506 e. The molecule has 0 saturated carbocycles. The van der Waals surface area contributed by atoms with Gasteiger partial charge < -0.3 is 10.1 Å². The fourth-order valence-corrected chi connectivity index (χ4v) is 1.55. The van der Waals surface area contributed by atoms with E-state index in [9.17, 15) is 9.90 Å². The van der Waals surface area contributed by atoms with Gasteiger partial charge in [-0.15, -0.1) is 0 Å². The maximum Gasteiger partial charge on any atom is 0.258 e. The summed E-state index contributed by atoms with van der Waals surface area (Å²) in [5, 5.41) is 10.00. The number of aryl methyl sites for hydroxylation is 1. The highest BCUT2D eigenvalue weighted by molar-refractivity contribution is 5.83. The van der Waals surface area contributed by atoms with Crippen LogP contribution < -0.4 is 5.56 Å². The van der Waals surface area contributed by atoms with E-state index in [1.807, 2.05) is 6.92 Å². The predicted molar refractivity (Wildman–Crippen MR) is 58.0 cm³/mol. The minimum atomic E-state index is -0.195. The summed E-state index contributed by atoms with van der Waals surface area (Å²) < 4.78 is 0. The average Bonchev–Trinajstić information content (AvgIpc) is 2.20. The number of nitrogens with one attached hydrogen (secondary N) is 1. The van der Waals surface area contributed by atoms with Gasteiger partial charge in [0, 0.05) is 6.42 Å². The standard InChI is InChI=1S/C11H12N2O2/c1-2-4-9-12-10-7(11(15)13-9)5-3-6-8(10)14/h3,5-6,14H,2,4H2,1H3,(H,12,13,15). The number of phenolic OH excluding ortho intramolecular Hbond substituents is 1. The second-order valence-electron chi connectivity index (χ2n) is 3.44. The summed E-state index contributed by atoms with van der Waals surface area (Å²) in [6, 6.07) is 4.81. The molecule has 15 heavy (non-hydrogen) atoms. The van der Waals surface area contributed by atoms with Gasteiger partial charge >= 0.3 is 0 Å². The van der Waals surface area contributed by atoms with Crippen LogP contribution in [0.15, 0.2) is 23.0 Å². The van der Waals surface area contributed by atoms with Crippen molar-refractivity contribution in [3.8, 4) is 5.75 Å². The van der Waals surface area contributed by atoms with Crippen molar-refractivity contribution in [2.75, 3.05) is 0 Å². The lowest BCUT2D eigenvalue weighted by Gasteiger charge is -2.02. The van der Waals surface area contributed by atoms with Gasteiger partial charge in [-0.1, -0.05) is 13.0 Å². The van der Waals surface area contributed by atoms with E-state index in [0.717, 1.165) is 6.42 Å². The van der Waals surface area contributed by atoms with Gasteiger partial charge in [-0.05, 0) is 18.6 Å². The molecule has 0 unspecified atom stereocenters. The van der Waals surface area contributed by atoms with Crippen LogP contribution in [0.2, 0.25) is 0 Å². The highest BCUT2D eigenvalue weighted by Crippen LogP contribution is 2.19. The molecule has 0 aliphatic carbocycles. The van der Waals surface area contributed by atoms with E-state index >= 15 is 0 Å². The Morgan fingerprint density at radius 2 is 2.27 bits per heavy atom. The summed E-state index contributed by atoms with van der Waals surface area (Å²) in [4.78, 5) is 18.5. The van der Waals surface area contributed by atoms with E-state index in [4.69, 9.17) is 0 Å². The van der Waals surface area contributed by atoms with Crippen LogP contribution in [0.3, 0.4) is 0 Å². The highest BCUT2D eigenvalue weighted by Gasteiger charge is 2.06. The number of rotatable bonds is 2. The van der Waals surface area contributed by atoms with Gasteiger partial charge in [0.15, 0.2) is 0 Å². The topological polar surface area (TPSA) is 66.0 Å². The Kier molecular flexibility index (Phi) is 2.41. The van der Waals surface area contributed by atoms with Crippen LogP contribution in [0, 0.1) is 0 Å². The Morgan fingerprint density at radius 3 is 3.00 bits per heavy atom. The van der Waals surface area contributed by atoms with E-state index in [1.54, 1.807) is 12.1 Å². The van der Waals surface area contributed by atoms with Gasteiger partial charge in [0.1, 0.15) is 17.1 Å². The van der Waals surface area contributed by atoms with Gasteiger partial charge in [0.25, 0.3) is 5.56 Å². The zero-order valence-corrected chi connectivity index (χ0v) is 8.45. The molecule has 0 aliphatic heterocycles. The van der Waals surface area contributed by atoms with Crippen molar-refractivity contribution in [2.45, 2.75) is 19.8 Å². The maximum atomic E-state index is 11.6. The first-order chi connectivity index (χ1) is 7.22. The van der Waals surface area contributed by atoms with Crippen LogP contribution in [-0.2, 0) is 6.42 Å². The van der Waals surface area contributed by atoms with Crippen LogP contribution >= 0.6 is 0 Å². The molecule has 0 spiro atoms. The number of aromatic nitrogens is 2. The molecule has 0 fully saturated rings. The van der Waals surface area contributed by atoms with Crippen LogP contribution in [-0.4, -0.2) is 15.1 Å². The van der Waals surface area contributed by atoms with E-state index in [0.29, 0.717) is 23.1 Å². The Hall–Kier alpha value is -1.84. The van der Waals surface area contributed by atoms with E-state index < -0.39 is 0 Å². The van der Waals surface area contributed by atoms with Crippen LogP contribution in [0.5, 0.6) is 5.75 Å². The van der Waals surface area contributed by atoms with Crippen molar-refractivity contribution in [3.05, 3.63) is 34.4 Å². The maximum absolute atomic E-state index is 11.6. The quantitative estimate of drug-likeness (QED) is 0.780. The molecule has 0 atom stereocenters. The van der Waals surface area contributed by atoms with Gasteiger partial charge in [-0.3, -0.25) is 4.79 Å². The van der Waals surface area contributed by atoms with E-state index in [-0.39, 0.29) is 11.3 Å². The first kappa shape index (κ1) is 9.71. The largest absolute Gasteiger partial charge is 0.506 e. The number of aromatic hydroxyl groups is 1. The molecule has 4 nitrogen and oxygen atoms in total. The number of aromatic amines is 1. The lowest BCUT2D eigenvalue weighted by molar-refractivity contribution is 0.480. The van der Waals surface area contributed by atoms with Gasteiger partial charge in [-0.2, -0.15) is 0 Å².